The van der Waals surface area contributed by atoms with E-state index in [1.165, 1.54) is 6.07 Å². The third-order valence-electron chi connectivity index (χ3n) is 5.91. The number of alkyl halides is 1. The molecule has 1 heterocycles. The van der Waals surface area contributed by atoms with Crippen molar-refractivity contribution in [2.45, 2.75) is 69.4 Å². The number of anilines is 1. The first-order chi connectivity index (χ1) is 12.9. The Morgan fingerprint density at radius 3 is 2.67 bits per heavy atom. The molecule has 0 spiro atoms. The van der Waals surface area contributed by atoms with Gasteiger partial charge in [-0.3, -0.25) is 10.1 Å². The first-order valence-electron chi connectivity index (χ1n) is 9.73. The summed E-state index contributed by atoms with van der Waals surface area (Å²) >= 11 is 0. The van der Waals surface area contributed by atoms with Crippen LogP contribution < -0.4 is 5.32 Å². The van der Waals surface area contributed by atoms with Gasteiger partial charge in [0.25, 0.3) is 0 Å². The van der Waals surface area contributed by atoms with Crippen molar-refractivity contribution in [2.75, 3.05) is 12.0 Å². The largest absolute Gasteiger partial charge is 0.387 e. The van der Waals surface area contributed by atoms with Gasteiger partial charge in [-0.2, -0.15) is 0 Å². The van der Waals surface area contributed by atoms with Crippen LogP contribution in [0.4, 0.5) is 14.7 Å². The molecule has 0 aliphatic heterocycles. The molecule has 0 bridgehead atoms. The summed E-state index contributed by atoms with van der Waals surface area (Å²) in [5.41, 5.74) is 0.395. The minimum Gasteiger partial charge on any atom is -0.387 e. The number of amides is 1. The molecule has 1 aromatic heterocycles. The second-order valence-corrected chi connectivity index (χ2v) is 7.96. The third kappa shape index (κ3) is 3.45. The van der Waals surface area contributed by atoms with Gasteiger partial charge in [0.2, 0.25) is 11.9 Å². The highest BCUT2D eigenvalue weighted by molar-refractivity contribution is 5.92. The zero-order chi connectivity index (χ0) is 19.2. The van der Waals surface area contributed by atoms with Crippen LogP contribution in [0.5, 0.6) is 0 Å². The Labute approximate surface area is 156 Å². The van der Waals surface area contributed by atoms with Crippen LogP contribution in [0.2, 0.25) is 0 Å². The summed E-state index contributed by atoms with van der Waals surface area (Å²) < 4.78 is 29.4. The van der Waals surface area contributed by atoms with Crippen LogP contribution in [0.1, 0.15) is 69.4 Å². The Hall–Kier alpha value is -2.02. The highest BCUT2D eigenvalue weighted by Crippen LogP contribution is 2.44. The minimum atomic E-state index is -1.66. The zero-order valence-electron chi connectivity index (χ0n) is 15.5. The summed E-state index contributed by atoms with van der Waals surface area (Å²) in [6.07, 6.45) is 4.87. The molecule has 2 saturated carbocycles. The molecule has 2 fully saturated rings. The lowest BCUT2D eigenvalue weighted by molar-refractivity contribution is -0.122. The number of hydrogen-bond donors (Lipinski definition) is 2. The van der Waals surface area contributed by atoms with Crippen molar-refractivity contribution in [2.24, 2.45) is 0 Å². The molecular weight excluding hydrogens is 352 g/mol. The molecule has 2 aliphatic carbocycles. The first-order valence-corrected chi connectivity index (χ1v) is 9.73. The molecule has 5 nitrogen and oxygen atoms in total. The van der Waals surface area contributed by atoms with E-state index in [0.29, 0.717) is 11.5 Å². The number of carbonyl (C=O) groups is 1. The smallest absolute Gasteiger partial charge is 0.229 e. The van der Waals surface area contributed by atoms with E-state index < -0.39 is 18.2 Å². The average molecular weight is 377 g/mol. The van der Waals surface area contributed by atoms with Crippen LogP contribution >= 0.6 is 0 Å². The normalized spacial score (nSPS) is 19.7. The minimum absolute atomic E-state index is 0.145. The number of hydrogen-bond acceptors (Lipinski definition) is 3. The fourth-order valence-electron chi connectivity index (χ4n) is 3.68. The molecule has 146 valence electrons. The summed E-state index contributed by atoms with van der Waals surface area (Å²) in [5, 5.41) is 12.8. The molecule has 1 aromatic carbocycles. The summed E-state index contributed by atoms with van der Waals surface area (Å²) in [6, 6.07) is 3.53. The van der Waals surface area contributed by atoms with Gasteiger partial charge in [0.1, 0.15) is 18.1 Å². The Kier molecular flexibility index (Phi) is 4.66. The fraction of sp³-hybridized carbons (Fsp3) is 0.600. The molecule has 4 rings (SSSR count). The monoisotopic (exact) mass is 377 g/mol. The second kappa shape index (κ2) is 6.86. The van der Waals surface area contributed by atoms with Gasteiger partial charge in [0.05, 0.1) is 17.5 Å². The molecule has 1 atom stereocenters. The number of aliphatic hydroxyl groups is 1. The number of nitrogens with zero attached hydrogens (tertiary/aromatic N) is 2. The number of benzene rings is 1. The molecular formula is C20H25F2N3O2. The van der Waals surface area contributed by atoms with Crippen molar-refractivity contribution in [3.63, 3.8) is 0 Å². The van der Waals surface area contributed by atoms with Gasteiger partial charge in [-0.1, -0.05) is 6.92 Å². The molecule has 2 aliphatic rings. The summed E-state index contributed by atoms with van der Waals surface area (Å²) in [6.45, 7) is 0.657. The summed E-state index contributed by atoms with van der Waals surface area (Å²) in [4.78, 5) is 16.8. The molecule has 7 heteroatoms. The van der Waals surface area contributed by atoms with E-state index in [2.05, 4.69) is 10.3 Å². The van der Waals surface area contributed by atoms with Crippen LogP contribution in [0.25, 0.3) is 11.0 Å². The van der Waals surface area contributed by atoms with E-state index in [4.69, 9.17) is 0 Å². The number of carbonyl (C=O) groups excluding carboxylic acids is 1. The molecule has 2 aromatic rings. The van der Waals surface area contributed by atoms with Crippen LogP contribution in [-0.2, 0) is 4.79 Å². The van der Waals surface area contributed by atoms with Gasteiger partial charge < -0.3 is 9.67 Å². The van der Waals surface area contributed by atoms with Crippen molar-refractivity contribution < 1.29 is 18.7 Å². The van der Waals surface area contributed by atoms with Gasteiger partial charge in [0, 0.05) is 12.1 Å². The number of nitrogens with one attached hydrogen (secondary N) is 1. The lowest BCUT2D eigenvalue weighted by Crippen LogP contribution is -2.36. The number of imidazole rings is 1. The molecule has 1 unspecified atom stereocenters. The van der Waals surface area contributed by atoms with Gasteiger partial charge >= 0.3 is 0 Å². The van der Waals surface area contributed by atoms with Crippen molar-refractivity contribution >= 4 is 22.9 Å². The molecule has 0 radical (unpaired) electrons. The topological polar surface area (TPSA) is 67.2 Å². The van der Waals surface area contributed by atoms with E-state index >= 15 is 0 Å². The Morgan fingerprint density at radius 2 is 2.11 bits per heavy atom. The first kappa shape index (κ1) is 18.3. The number of aromatic nitrogens is 2. The van der Waals surface area contributed by atoms with E-state index in [-0.39, 0.29) is 30.6 Å². The lowest BCUT2D eigenvalue weighted by Gasteiger charge is -2.29. The molecule has 2 N–H and O–H groups in total. The van der Waals surface area contributed by atoms with Crippen molar-refractivity contribution in [1.29, 1.82) is 0 Å². The molecule has 0 saturated heterocycles. The van der Waals surface area contributed by atoms with Gasteiger partial charge in [-0.25, -0.2) is 13.8 Å². The summed E-state index contributed by atoms with van der Waals surface area (Å²) in [7, 11) is 0. The number of rotatable bonds is 7. The Bertz CT molecular complexity index is 868. The van der Waals surface area contributed by atoms with Crippen LogP contribution in [0.3, 0.4) is 0 Å². The summed E-state index contributed by atoms with van der Waals surface area (Å²) in [5.74, 6) is -0.111. The highest BCUT2D eigenvalue weighted by atomic mass is 19.1. The van der Waals surface area contributed by atoms with E-state index in [9.17, 15) is 18.7 Å². The van der Waals surface area contributed by atoms with Gasteiger partial charge in [-0.15, -0.1) is 0 Å². The second-order valence-electron chi connectivity index (χ2n) is 7.96. The SMILES string of the molecule is CCC(O)(CF)CC(=O)Nc1nc2cc(F)c(C3CC3)cc2n1C1CCC1. The fourth-order valence-corrected chi connectivity index (χ4v) is 3.68. The van der Waals surface area contributed by atoms with Crippen molar-refractivity contribution in [3.8, 4) is 0 Å². The molecule has 1 amide bonds. The lowest BCUT2D eigenvalue weighted by atomic mass is 9.92. The van der Waals surface area contributed by atoms with E-state index in [0.717, 1.165) is 43.2 Å². The Balaban J connectivity index is 1.68. The molecule has 27 heavy (non-hydrogen) atoms. The van der Waals surface area contributed by atoms with Crippen LogP contribution in [-0.4, -0.2) is 32.8 Å². The predicted molar refractivity (Wildman–Crippen MR) is 99.0 cm³/mol. The van der Waals surface area contributed by atoms with Crippen molar-refractivity contribution in [3.05, 3.63) is 23.5 Å². The van der Waals surface area contributed by atoms with Crippen LogP contribution in [0, 0.1) is 5.82 Å². The number of halogens is 2. The predicted octanol–water partition coefficient (Wildman–Crippen LogP) is 4.22. The zero-order valence-corrected chi connectivity index (χ0v) is 15.5. The van der Waals surface area contributed by atoms with Gasteiger partial charge in [-0.05, 0) is 56.1 Å². The standard InChI is InChI=1S/C20H25F2N3O2/c1-2-20(27,11-21)10-18(26)24-19-23-16-9-15(22)14(12-6-7-12)8-17(16)25(19)13-4-3-5-13/h8-9,12-13,27H,2-7,10-11H2,1H3,(H,23,24,26). The average Bonchev–Trinajstić information content (AvgIpc) is 3.38. The van der Waals surface area contributed by atoms with E-state index in [1.54, 1.807) is 6.92 Å². The maximum Gasteiger partial charge on any atom is 0.229 e. The Morgan fingerprint density at radius 1 is 1.37 bits per heavy atom. The van der Waals surface area contributed by atoms with Gasteiger partial charge in [0.15, 0.2) is 0 Å². The number of fused-ring (bicyclic) bond motifs is 1. The maximum atomic E-state index is 14.4. The van der Waals surface area contributed by atoms with Crippen LogP contribution in [0.15, 0.2) is 12.1 Å². The maximum absolute atomic E-state index is 14.4. The van der Waals surface area contributed by atoms with Crippen molar-refractivity contribution in [1.82, 2.24) is 9.55 Å². The highest BCUT2D eigenvalue weighted by Gasteiger charge is 2.32. The quantitative estimate of drug-likeness (QED) is 0.759. The third-order valence-corrected chi connectivity index (χ3v) is 5.91. The van der Waals surface area contributed by atoms with E-state index in [1.807, 2.05) is 10.6 Å².